The molecule has 1 aliphatic heterocycles. The highest BCUT2D eigenvalue weighted by molar-refractivity contribution is 6.15. The number of hydrogen-bond acceptors (Lipinski definition) is 5. The van der Waals surface area contributed by atoms with Crippen LogP contribution in [0.3, 0.4) is 0 Å². The Hall–Kier alpha value is -2.81. The summed E-state index contributed by atoms with van der Waals surface area (Å²) in [4.78, 5) is 24.1. The van der Waals surface area contributed by atoms with Gasteiger partial charge in [-0.15, -0.1) is 0 Å². The lowest BCUT2D eigenvalue weighted by Crippen LogP contribution is -2.51. The van der Waals surface area contributed by atoms with Crippen molar-refractivity contribution in [2.45, 2.75) is 39.1 Å². The summed E-state index contributed by atoms with van der Waals surface area (Å²) in [5.74, 6) is -1.84. The maximum Gasteiger partial charge on any atom is 0.341 e. The molecule has 32 heavy (non-hydrogen) atoms. The second-order valence-electron chi connectivity index (χ2n) is 8.92. The first-order valence-corrected chi connectivity index (χ1v) is 10.3. The van der Waals surface area contributed by atoms with E-state index in [0.29, 0.717) is 42.3 Å². The molecule has 2 aromatic rings. The molecule has 0 amide bonds. The molecule has 1 aromatic heterocycles. The van der Waals surface area contributed by atoms with Gasteiger partial charge in [-0.25, -0.2) is 9.18 Å². The van der Waals surface area contributed by atoms with E-state index in [9.17, 15) is 14.7 Å². The second kappa shape index (κ2) is 8.62. The van der Waals surface area contributed by atoms with E-state index in [1.165, 1.54) is 11.7 Å². The van der Waals surface area contributed by atoms with Crippen LogP contribution in [0, 0.1) is 11.2 Å². The van der Waals surface area contributed by atoms with Crippen LogP contribution in [0.15, 0.2) is 23.1 Å². The van der Waals surface area contributed by atoms with Gasteiger partial charge in [-0.3, -0.25) is 4.79 Å². The highest BCUT2D eigenvalue weighted by atomic mass is 19.1. The minimum absolute atomic E-state index is 0.0668. The Morgan fingerprint density at radius 1 is 1.25 bits per heavy atom. The predicted octanol–water partition coefficient (Wildman–Crippen LogP) is 3.20. The Bertz CT molecular complexity index is 1110. The van der Waals surface area contributed by atoms with Gasteiger partial charge in [0.15, 0.2) is 17.3 Å². The Morgan fingerprint density at radius 2 is 1.94 bits per heavy atom. The molecule has 1 aliphatic rings. The minimum Gasteiger partial charge on any atom is -0.493 e. The molecule has 0 unspecified atom stereocenters. The van der Waals surface area contributed by atoms with E-state index < -0.39 is 33.6 Å². The zero-order chi connectivity index (χ0) is 23.8. The van der Waals surface area contributed by atoms with Gasteiger partial charge >= 0.3 is 5.97 Å². The lowest BCUT2D eigenvalue weighted by Gasteiger charge is -2.49. The first-order chi connectivity index (χ1) is 15.0. The van der Waals surface area contributed by atoms with E-state index in [1.54, 1.807) is 19.2 Å². The van der Waals surface area contributed by atoms with Gasteiger partial charge in [-0.05, 0) is 29.5 Å². The summed E-state index contributed by atoms with van der Waals surface area (Å²) >= 11 is 0. The fourth-order valence-electron chi connectivity index (χ4n) is 3.93. The van der Waals surface area contributed by atoms with Crippen LogP contribution in [0.25, 0.3) is 11.3 Å². The first kappa shape index (κ1) is 23.8. The molecule has 170 valence electrons. The zero-order valence-corrected chi connectivity index (χ0v) is 19.0. The van der Waals surface area contributed by atoms with Crippen LogP contribution >= 0.6 is 0 Å². The molecule has 1 aromatic carbocycles. The molecule has 7 nitrogen and oxygen atoms in total. The summed E-state index contributed by atoms with van der Waals surface area (Å²) in [6.07, 6.45) is 2.07. The number of methoxy groups -OCH3 is 2. The third kappa shape index (κ3) is 3.90. The van der Waals surface area contributed by atoms with Crippen LogP contribution in [0.4, 0.5) is 4.39 Å². The topological polar surface area (TPSA) is 87.0 Å². The van der Waals surface area contributed by atoms with Crippen molar-refractivity contribution in [2.24, 2.45) is 5.41 Å². The van der Waals surface area contributed by atoms with Crippen LogP contribution in [-0.2, 0) is 16.6 Å². The van der Waals surface area contributed by atoms with Crippen molar-refractivity contribution in [3.8, 4) is 22.8 Å². The highest BCUT2D eigenvalue weighted by Crippen LogP contribution is 2.48. The molecule has 0 saturated heterocycles. The number of carboxylic acids is 1. The molecule has 0 saturated carbocycles. The summed E-state index contributed by atoms with van der Waals surface area (Å²) in [7, 11) is 9.90. The van der Waals surface area contributed by atoms with Gasteiger partial charge < -0.3 is 23.9 Å². The lowest BCUT2D eigenvalue weighted by molar-refractivity contribution is 0.0692. The van der Waals surface area contributed by atoms with Crippen molar-refractivity contribution in [2.75, 3.05) is 27.4 Å². The summed E-state index contributed by atoms with van der Waals surface area (Å²) in [6, 6.07) is 3.34. The second-order valence-corrected chi connectivity index (χ2v) is 8.92. The van der Waals surface area contributed by atoms with Gasteiger partial charge in [0.05, 0.1) is 19.4 Å². The quantitative estimate of drug-likeness (QED) is 0.523. The monoisotopic (exact) mass is 443 g/mol. The van der Waals surface area contributed by atoms with Crippen LogP contribution < -0.4 is 14.9 Å². The van der Waals surface area contributed by atoms with Crippen LogP contribution in [0.2, 0.25) is 0 Å². The standard InChI is InChI=1S/C23H27BFNO6/c1-22(2,3)23(24)11-13-9-17(32-8-6-7-30-4)16(31-5)10-14(13)19-18(25)20(27)15(21(28)29)12-26(19)23/h9-10,12H,6-8,11H2,1-5H3,(H,28,29)/t23-/m0/s1. The molecule has 2 heterocycles. The average Bonchev–Trinajstić information content (AvgIpc) is 2.72. The Morgan fingerprint density at radius 3 is 2.50 bits per heavy atom. The molecular formula is C23H27BFNO6. The van der Waals surface area contributed by atoms with Gasteiger partial charge in [0, 0.05) is 37.3 Å². The molecule has 9 heteroatoms. The van der Waals surface area contributed by atoms with Crippen LogP contribution in [-0.4, -0.2) is 50.9 Å². The molecule has 0 spiro atoms. The largest absolute Gasteiger partial charge is 0.493 e. The molecule has 0 bridgehead atoms. The predicted molar refractivity (Wildman–Crippen MR) is 118 cm³/mol. The number of aromatic nitrogens is 1. The number of benzene rings is 1. The van der Waals surface area contributed by atoms with Crippen molar-refractivity contribution >= 4 is 13.8 Å². The Kier molecular flexibility index (Phi) is 6.42. The van der Waals surface area contributed by atoms with E-state index in [-0.39, 0.29) is 12.1 Å². The fraction of sp³-hybridized carbons (Fsp3) is 0.478. The zero-order valence-electron chi connectivity index (χ0n) is 19.0. The Labute approximate surface area is 187 Å². The maximum atomic E-state index is 15.4. The number of carboxylic acid groups (broad SMARTS) is 1. The summed E-state index contributed by atoms with van der Waals surface area (Å²) in [5.41, 5.74) is -2.67. The van der Waals surface area contributed by atoms with E-state index in [0.717, 1.165) is 6.20 Å². The number of carbonyl (C=O) groups is 1. The number of nitrogens with zero attached hydrogens (tertiary/aromatic N) is 1. The summed E-state index contributed by atoms with van der Waals surface area (Å²) < 4.78 is 33.1. The van der Waals surface area contributed by atoms with E-state index >= 15 is 4.39 Å². The van der Waals surface area contributed by atoms with Crippen molar-refractivity contribution in [3.05, 3.63) is 45.5 Å². The Balaban J connectivity index is 2.28. The number of aromatic carboxylic acids is 1. The van der Waals surface area contributed by atoms with Crippen LogP contribution in [0.5, 0.6) is 11.5 Å². The molecule has 2 radical (unpaired) electrons. The molecule has 1 N–H and O–H groups in total. The van der Waals surface area contributed by atoms with Crippen molar-refractivity contribution in [3.63, 3.8) is 0 Å². The number of hydrogen-bond donors (Lipinski definition) is 1. The SMILES string of the molecule is [B][C@@]1(C(C)(C)C)Cc2cc(OCCCOC)c(OC)cc2-c2c(F)c(=O)c(C(=O)O)cn21. The van der Waals surface area contributed by atoms with E-state index in [2.05, 4.69) is 0 Å². The fourth-order valence-corrected chi connectivity index (χ4v) is 3.93. The number of rotatable bonds is 7. The molecule has 0 aliphatic carbocycles. The molecule has 1 atom stereocenters. The maximum absolute atomic E-state index is 15.4. The minimum atomic E-state index is -1.51. The van der Waals surface area contributed by atoms with E-state index in [1.807, 2.05) is 20.8 Å². The number of ether oxygens (including phenoxy) is 3. The van der Waals surface area contributed by atoms with Gasteiger partial charge in [-0.1, -0.05) is 20.8 Å². The molecule has 0 fully saturated rings. The summed E-state index contributed by atoms with van der Waals surface area (Å²) in [5, 5.41) is 9.43. The van der Waals surface area contributed by atoms with E-state index in [4.69, 9.17) is 22.1 Å². The van der Waals surface area contributed by atoms with Crippen molar-refractivity contribution in [1.82, 2.24) is 4.57 Å². The van der Waals surface area contributed by atoms with Gasteiger partial charge in [0.1, 0.15) is 13.4 Å². The van der Waals surface area contributed by atoms with Crippen LogP contribution in [0.1, 0.15) is 43.1 Å². The van der Waals surface area contributed by atoms with Gasteiger partial charge in [-0.2, -0.15) is 0 Å². The molecule has 3 rings (SSSR count). The molecular weight excluding hydrogens is 416 g/mol. The average molecular weight is 443 g/mol. The van der Waals surface area contributed by atoms with Crippen molar-refractivity contribution in [1.29, 1.82) is 0 Å². The third-order valence-corrected chi connectivity index (χ3v) is 5.96. The van der Waals surface area contributed by atoms with Gasteiger partial charge in [0.25, 0.3) is 0 Å². The normalized spacial score (nSPS) is 17.4. The van der Waals surface area contributed by atoms with Crippen molar-refractivity contribution < 1.29 is 28.5 Å². The highest BCUT2D eigenvalue weighted by Gasteiger charge is 2.44. The number of halogens is 1. The first-order valence-electron chi connectivity index (χ1n) is 10.3. The van der Waals surface area contributed by atoms with Gasteiger partial charge in [0.2, 0.25) is 5.43 Å². The number of fused-ring (bicyclic) bond motifs is 3. The smallest absolute Gasteiger partial charge is 0.341 e. The third-order valence-electron chi connectivity index (χ3n) is 5.96. The lowest BCUT2D eigenvalue weighted by atomic mass is 9.56. The number of pyridine rings is 1. The summed E-state index contributed by atoms with van der Waals surface area (Å²) in [6.45, 7) is 6.57.